The van der Waals surface area contributed by atoms with Crippen molar-refractivity contribution >= 4 is 10.0 Å². The van der Waals surface area contributed by atoms with E-state index in [-0.39, 0.29) is 13.0 Å². The van der Waals surface area contributed by atoms with Crippen molar-refractivity contribution < 1.29 is 57.8 Å². The van der Waals surface area contributed by atoms with Gasteiger partial charge in [-0.2, -0.15) is 44.2 Å². The molecule has 0 aliphatic rings. The normalized spacial score (nSPS) is 15.4. The zero-order valence-corrected chi connectivity index (χ0v) is 14.4. The van der Waals surface area contributed by atoms with Crippen LogP contribution in [0.4, 0.5) is 39.5 Å². The molecule has 0 unspecified atom stereocenters. The Labute approximate surface area is 143 Å². The standard InChI is InChI=1S/C11H18F9N2O3S/c1-22(2,23)6-3-5-21-26(24,25)7-4-8(12,13)9(14,15)10(16,17)11(18,19)20/h21,23H,3-7H2,1-2H3/q+1. The number of nitrogens with zero attached hydrogens (tertiary/aromatic N) is 1. The molecule has 26 heavy (non-hydrogen) atoms. The number of hydrogen-bond acceptors (Lipinski definition) is 3. The molecule has 2 N–H and O–H groups in total. The molecule has 0 saturated heterocycles. The molecule has 0 atom stereocenters. The van der Waals surface area contributed by atoms with Gasteiger partial charge in [-0.25, -0.2) is 18.3 Å². The monoisotopic (exact) mass is 429 g/mol. The topological polar surface area (TPSA) is 66.4 Å². The van der Waals surface area contributed by atoms with Crippen molar-refractivity contribution in [3.05, 3.63) is 0 Å². The summed E-state index contributed by atoms with van der Waals surface area (Å²) in [5.74, 6) is -21.6. The van der Waals surface area contributed by atoms with E-state index in [4.69, 9.17) is 0 Å². The van der Waals surface area contributed by atoms with Crippen LogP contribution in [0.3, 0.4) is 0 Å². The molecule has 0 aliphatic carbocycles. The smallest absolute Gasteiger partial charge is 0.217 e. The molecule has 158 valence electrons. The van der Waals surface area contributed by atoms with Gasteiger partial charge < -0.3 is 0 Å². The van der Waals surface area contributed by atoms with Crippen LogP contribution >= 0.6 is 0 Å². The van der Waals surface area contributed by atoms with Crippen LogP contribution in [-0.2, 0) is 10.0 Å². The first-order chi connectivity index (χ1) is 11.2. The Bertz CT molecular complexity index is 570. The van der Waals surface area contributed by atoms with Crippen LogP contribution in [0.25, 0.3) is 0 Å². The lowest BCUT2D eigenvalue weighted by atomic mass is 10.0. The first-order valence-electron chi connectivity index (χ1n) is 6.89. The van der Waals surface area contributed by atoms with E-state index in [1.54, 1.807) is 4.72 Å². The molecule has 0 saturated carbocycles. The molecule has 0 heterocycles. The summed E-state index contributed by atoms with van der Waals surface area (Å²) in [6, 6.07) is 0. The number of nitrogens with one attached hydrogen (secondary N) is 1. The van der Waals surface area contributed by atoms with Gasteiger partial charge in [0, 0.05) is 19.4 Å². The predicted molar refractivity (Wildman–Crippen MR) is 70.7 cm³/mol. The van der Waals surface area contributed by atoms with E-state index in [2.05, 4.69) is 0 Å². The van der Waals surface area contributed by atoms with Crippen LogP contribution in [0.1, 0.15) is 12.8 Å². The summed E-state index contributed by atoms with van der Waals surface area (Å²) in [5, 5.41) is 9.30. The molecule has 0 bridgehead atoms. The van der Waals surface area contributed by atoms with E-state index in [1.165, 1.54) is 14.1 Å². The summed E-state index contributed by atoms with van der Waals surface area (Å²) in [6.45, 7) is -0.375. The maximum atomic E-state index is 13.2. The van der Waals surface area contributed by atoms with Crippen LogP contribution in [0, 0.1) is 0 Å². The maximum absolute atomic E-state index is 13.2. The SMILES string of the molecule is C[N+](C)(O)CCCNS(=O)(=O)CCC(F)(F)C(F)(F)C(F)(F)C(F)(F)F. The highest BCUT2D eigenvalue weighted by molar-refractivity contribution is 7.89. The fourth-order valence-electron chi connectivity index (χ4n) is 1.59. The second kappa shape index (κ2) is 7.67. The van der Waals surface area contributed by atoms with Gasteiger partial charge >= 0.3 is 23.9 Å². The molecular formula is C11H18F9N2O3S+. The first kappa shape index (κ1) is 25.2. The third-order valence-electron chi connectivity index (χ3n) is 3.10. The molecule has 0 aliphatic heterocycles. The molecule has 0 aromatic carbocycles. The van der Waals surface area contributed by atoms with E-state index >= 15 is 0 Å². The number of halogens is 9. The average molecular weight is 429 g/mol. The lowest BCUT2D eigenvalue weighted by Crippen LogP contribution is -2.61. The van der Waals surface area contributed by atoms with Crippen molar-refractivity contribution in [1.29, 1.82) is 0 Å². The zero-order valence-electron chi connectivity index (χ0n) is 13.6. The fraction of sp³-hybridized carbons (Fsp3) is 1.00. The van der Waals surface area contributed by atoms with Crippen molar-refractivity contribution in [2.75, 3.05) is 32.9 Å². The molecule has 0 aromatic rings. The molecule has 0 aromatic heterocycles. The van der Waals surface area contributed by atoms with Gasteiger partial charge in [0.2, 0.25) is 10.0 Å². The summed E-state index contributed by atoms with van der Waals surface area (Å²) in [7, 11) is -1.99. The summed E-state index contributed by atoms with van der Waals surface area (Å²) >= 11 is 0. The fourth-order valence-corrected chi connectivity index (χ4v) is 2.72. The number of alkyl halides is 9. The highest BCUT2D eigenvalue weighted by atomic mass is 32.2. The Morgan fingerprint density at radius 3 is 1.77 bits per heavy atom. The lowest BCUT2D eigenvalue weighted by Gasteiger charge is -2.33. The van der Waals surface area contributed by atoms with E-state index < -0.39 is 57.3 Å². The number of rotatable bonds is 10. The van der Waals surface area contributed by atoms with E-state index in [1.807, 2.05) is 0 Å². The number of hydrogen-bond donors (Lipinski definition) is 2. The van der Waals surface area contributed by atoms with Crippen molar-refractivity contribution in [1.82, 2.24) is 4.72 Å². The second-order valence-electron chi connectivity index (χ2n) is 6.01. The van der Waals surface area contributed by atoms with Crippen molar-refractivity contribution in [2.45, 2.75) is 36.8 Å². The van der Waals surface area contributed by atoms with Gasteiger partial charge in [0.05, 0.1) is 19.8 Å². The highest BCUT2D eigenvalue weighted by Crippen LogP contribution is 2.54. The van der Waals surface area contributed by atoms with Gasteiger partial charge in [0.25, 0.3) is 0 Å². The molecule has 0 radical (unpaired) electrons. The predicted octanol–water partition coefficient (Wildman–Crippen LogP) is 2.62. The lowest BCUT2D eigenvalue weighted by molar-refractivity contribution is -1.07. The van der Waals surface area contributed by atoms with Crippen LogP contribution in [0.15, 0.2) is 0 Å². The van der Waals surface area contributed by atoms with Crippen LogP contribution in [0.5, 0.6) is 0 Å². The Morgan fingerprint density at radius 1 is 0.923 bits per heavy atom. The molecular weight excluding hydrogens is 411 g/mol. The van der Waals surface area contributed by atoms with Gasteiger partial charge in [-0.05, 0) is 0 Å². The first-order valence-corrected chi connectivity index (χ1v) is 8.55. The Balaban J connectivity index is 4.95. The van der Waals surface area contributed by atoms with E-state index in [0.717, 1.165) is 0 Å². The number of hydroxylamine groups is 3. The van der Waals surface area contributed by atoms with Crippen LogP contribution in [0.2, 0.25) is 0 Å². The van der Waals surface area contributed by atoms with Gasteiger partial charge in [-0.15, -0.1) is 0 Å². The molecule has 0 amide bonds. The summed E-state index contributed by atoms with van der Waals surface area (Å²) in [6.07, 6.45) is -9.41. The molecule has 0 fully saturated rings. The van der Waals surface area contributed by atoms with Crippen LogP contribution < -0.4 is 4.72 Å². The van der Waals surface area contributed by atoms with Crippen molar-refractivity contribution in [3.63, 3.8) is 0 Å². The van der Waals surface area contributed by atoms with Gasteiger partial charge in [-0.3, -0.25) is 0 Å². The Hall–Kier alpha value is -0.800. The van der Waals surface area contributed by atoms with E-state index in [9.17, 15) is 53.1 Å². The van der Waals surface area contributed by atoms with Gasteiger partial charge in [0.1, 0.15) is 6.54 Å². The quantitative estimate of drug-likeness (QED) is 0.243. The maximum Gasteiger partial charge on any atom is 0.460 e. The summed E-state index contributed by atoms with van der Waals surface area (Å²) < 4.78 is 138. The van der Waals surface area contributed by atoms with Crippen LogP contribution in [-0.4, -0.2) is 75.2 Å². The third-order valence-corrected chi connectivity index (χ3v) is 4.48. The average Bonchev–Trinajstić information content (AvgIpc) is 2.39. The molecule has 0 rings (SSSR count). The number of quaternary nitrogens is 1. The minimum Gasteiger partial charge on any atom is -0.217 e. The largest absolute Gasteiger partial charge is 0.460 e. The Morgan fingerprint density at radius 2 is 1.38 bits per heavy atom. The second-order valence-corrected chi connectivity index (χ2v) is 7.94. The van der Waals surface area contributed by atoms with E-state index in [0.29, 0.717) is 0 Å². The molecule has 0 spiro atoms. The number of sulfonamides is 1. The van der Waals surface area contributed by atoms with Gasteiger partial charge in [0.15, 0.2) is 0 Å². The summed E-state index contributed by atoms with van der Waals surface area (Å²) in [5.41, 5.74) is 0. The van der Waals surface area contributed by atoms with Gasteiger partial charge in [-0.1, -0.05) is 0 Å². The highest BCUT2D eigenvalue weighted by Gasteiger charge is 2.81. The molecule has 5 nitrogen and oxygen atoms in total. The van der Waals surface area contributed by atoms with Crippen molar-refractivity contribution in [3.8, 4) is 0 Å². The minimum atomic E-state index is -7.05. The third kappa shape index (κ3) is 6.42. The van der Waals surface area contributed by atoms with Crippen molar-refractivity contribution in [2.24, 2.45) is 0 Å². The minimum absolute atomic E-state index is 0.00142. The molecule has 15 heteroatoms. The Kier molecular flexibility index (Phi) is 7.44. The zero-order chi connectivity index (χ0) is 21.2. The summed E-state index contributed by atoms with van der Waals surface area (Å²) in [4.78, 5) is 0.